The Kier molecular flexibility index (Phi) is 26.6. The minimum absolute atomic E-state index is 0.00491. The Morgan fingerprint density at radius 1 is 0.522 bits per heavy atom. The molecule has 46 heavy (non-hydrogen) atoms. The summed E-state index contributed by atoms with van der Waals surface area (Å²) in [4.78, 5) is 80.4. The molecule has 0 atom stereocenters. The average Bonchev–Trinajstić information content (AvgIpc) is 3.01. The minimum Gasteiger partial charge on any atom is -0.474 e. The van der Waals surface area contributed by atoms with E-state index < -0.39 is 50.6 Å². The van der Waals surface area contributed by atoms with Crippen molar-refractivity contribution in [3.63, 3.8) is 0 Å². The number of ether oxygens (including phenoxy) is 6. The van der Waals surface area contributed by atoms with Gasteiger partial charge < -0.3 is 41.7 Å². The Bertz CT molecular complexity index is 906. The van der Waals surface area contributed by atoms with Gasteiger partial charge in [-0.05, 0) is 0 Å². The van der Waals surface area contributed by atoms with Crippen LogP contribution in [0.25, 0.3) is 0 Å². The Hall–Kier alpha value is -2.17. The quantitative estimate of drug-likeness (QED) is 0.0386. The highest BCUT2D eigenvalue weighted by atomic mass is 32.2. The second kappa shape index (κ2) is 27.9. The standard InChI is InChI=1S/C25H40O16S4Si/c1-19(26)41-46(2,39-11-9-33-20(27)3-13-44-17-24(31)37-7-5-35-22(29)15-42)40-12-10-34-21(28)4-14-45-18-25(32)38-8-6-36-23(30)16-43/h42-43H,3-18H2,1-2H3. The van der Waals surface area contributed by atoms with Crippen LogP contribution in [0, 0.1) is 0 Å². The lowest BCUT2D eigenvalue weighted by Gasteiger charge is -2.24. The van der Waals surface area contributed by atoms with Gasteiger partial charge in [0.1, 0.15) is 39.6 Å². The maximum absolute atomic E-state index is 11.9. The van der Waals surface area contributed by atoms with E-state index in [9.17, 15) is 33.6 Å². The zero-order valence-corrected chi connectivity index (χ0v) is 30.0. The highest BCUT2D eigenvalue weighted by molar-refractivity contribution is 8.00. The van der Waals surface area contributed by atoms with E-state index in [0.717, 1.165) is 0 Å². The number of thioether (sulfide) groups is 2. The van der Waals surface area contributed by atoms with E-state index in [-0.39, 0.29) is 88.7 Å². The van der Waals surface area contributed by atoms with Crippen molar-refractivity contribution in [2.75, 3.05) is 87.4 Å². The summed E-state index contributed by atoms with van der Waals surface area (Å²) in [5.74, 6) is -3.31. The molecule has 0 spiro atoms. The van der Waals surface area contributed by atoms with Crippen LogP contribution >= 0.6 is 48.8 Å². The van der Waals surface area contributed by atoms with Gasteiger partial charge in [0, 0.05) is 25.0 Å². The number of rotatable bonds is 27. The summed E-state index contributed by atoms with van der Waals surface area (Å²) >= 11 is 9.82. The Morgan fingerprint density at radius 3 is 1.20 bits per heavy atom. The number of esters is 6. The Labute approximate surface area is 287 Å². The van der Waals surface area contributed by atoms with Crippen LogP contribution in [-0.2, 0) is 75.3 Å². The first-order chi connectivity index (χ1) is 21.9. The third kappa shape index (κ3) is 27.0. The second-order valence-electron chi connectivity index (χ2n) is 8.40. The molecule has 0 fully saturated rings. The van der Waals surface area contributed by atoms with Gasteiger partial charge in [0.2, 0.25) is 0 Å². The third-order valence-electron chi connectivity index (χ3n) is 4.57. The van der Waals surface area contributed by atoms with E-state index in [1.165, 1.54) is 37.0 Å². The molecule has 0 aliphatic carbocycles. The van der Waals surface area contributed by atoms with Gasteiger partial charge in [-0.1, -0.05) is 0 Å². The fourth-order valence-electron chi connectivity index (χ4n) is 2.69. The van der Waals surface area contributed by atoms with E-state index in [2.05, 4.69) is 25.3 Å². The molecule has 0 amide bonds. The summed E-state index contributed by atoms with van der Waals surface area (Å²) in [5.41, 5.74) is 0. The lowest BCUT2D eigenvalue weighted by atomic mass is 10.5. The van der Waals surface area contributed by atoms with Crippen LogP contribution in [0.1, 0.15) is 19.8 Å². The molecule has 264 valence electrons. The van der Waals surface area contributed by atoms with Crippen molar-refractivity contribution in [2.45, 2.75) is 26.3 Å². The second-order valence-corrected chi connectivity index (χ2v) is 13.7. The SMILES string of the molecule is CC(=O)O[Si](C)(OCCOC(=O)CCSCC(=O)OCCOC(=O)CS)OCCOC(=O)CCSCC(=O)OCCOC(=O)CS. The molecular weight excluding hydrogens is 713 g/mol. The van der Waals surface area contributed by atoms with Crippen LogP contribution in [0.5, 0.6) is 0 Å². The highest BCUT2D eigenvalue weighted by Gasteiger charge is 2.38. The van der Waals surface area contributed by atoms with Crippen molar-refractivity contribution in [1.29, 1.82) is 0 Å². The van der Waals surface area contributed by atoms with E-state index in [1.54, 1.807) is 0 Å². The lowest BCUT2D eigenvalue weighted by Crippen LogP contribution is -2.45. The van der Waals surface area contributed by atoms with Crippen molar-refractivity contribution in [1.82, 2.24) is 0 Å². The highest BCUT2D eigenvalue weighted by Crippen LogP contribution is 2.11. The first-order valence-electron chi connectivity index (χ1n) is 13.7. The van der Waals surface area contributed by atoms with Crippen molar-refractivity contribution in [3.05, 3.63) is 0 Å². The summed E-state index contributed by atoms with van der Waals surface area (Å²) in [6.07, 6.45) is 0.0480. The fraction of sp³-hybridized carbons (Fsp3) is 0.720. The van der Waals surface area contributed by atoms with Gasteiger partial charge in [-0.25, -0.2) is 0 Å². The molecule has 0 radical (unpaired) electrons. The predicted octanol–water partition coefficient (Wildman–Crippen LogP) is 0.517. The number of carbonyl (C=O) groups excluding carboxylic acids is 7. The van der Waals surface area contributed by atoms with E-state index in [1.807, 2.05) is 0 Å². The fourth-order valence-corrected chi connectivity index (χ4v) is 5.91. The number of carbonyl (C=O) groups is 7. The number of hydrogen-bond donors (Lipinski definition) is 2. The molecule has 0 aliphatic rings. The Balaban J connectivity index is 4.05. The molecule has 0 rings (SSSR count). The number of hydrogen-bond acceptors (Lipinski definition) is 20. The maximum atomic E-state index is 11.9. The topological polar surface area (TPSA) is 203 Å². The van der Waals surface area contributed by atoms with Crippen LogP contribution in [-0.4, -0.2) is 138 Å². The minimum atomic E-state index is -3.50. The predicted molar refractivity (Wildman–Crippen MR) is 173 cm³/mol. The molecule has 0 heterocycles. The first kappa shape index (κ1) is 43.8. The summed E-state index contributed by atoms with van der Waals surface area (Å²) in [6.45, 7) is 1.81. The molecule has 0 saturated heterocycles. The van der Waals surface area contributed by atoms with Crippen LogP contribution < -0.4 is 0 Å². The summed E-state index contributed by atoms with van der Waals surface area (Å²) in [7, 11) is -3.50. The van der Waals surface area contributed by atoms with Crippen molar-refractivity contribution in [3.8, 4) is 0 Å². The van der Waals surface area contributed by atoms with Gasteiger partial charge >= 0.3 is 44.6 Å². The van der Waals surface area contributed by atoms with Gasteiger partial charge in [-0.15, -0.1) is 23.5 Å². The molecule has 16 nitrogen and oxygen atoms in total. The molecule has 21 heteroatoms. The van der Waals surface area contributed by atoms with Gasteiger partial charge in [0.05, 0.1) is 49.1 Å². The zero-order chi connectivity index (χ0) is 34.6. The maximum Gasteiger partial charge on any atom is 0.564 e. The largest absolute Gasteiger partial charge is 0.564 e. The molecule has 0 bridgehead atoms. The van der Waals surface area contributed by atoms with E-state index in [4.69, 9.17) is 41.7 Å². The van der Waals surface area contributed by atoms with Crippen LogP contribution in [0.2, 0.25) is 6.55 Å². The normalized spacial score (nSPS) is 10.8. The summed E-state index contributed by atoms with van der Waals surface area (Å²) < 4.78 is 45.7. The summed E-state index contributed by atoms with van der Waals surface area (Å²) in [5, 5.41) is 0. The zero-order valence-electron chi connectivity index (χ0n) is 25.6. The van der Waals surface area contributed by atoms with Crippen molar-refractivity contribution >= 4 is 99.4 Å². The Morgan fingerprint density at radius 2 is 0.848 bits per heavy atom. The number of thiol groups is 2. The van der Waals surface area contributed by atoms with Gasteiger partial charge in [0.25, 0.3) is 5.97 Å². The molecule has 0 unspecified atom stereocenters. The van der Waals surface area contributed by atoms with Gasteiger partial charge in [-0.2, -0.15) is 25.3 Å². The van der Waals surface area contributed by atoms with E-state index in [0.29, 0.717) is 11.5 Å². The van der Waals surface area contributed by atoms with Crippen molar-refractivity contribution < 1.29 is 75.3 Å². The lowest BCUT2D eigenvalue weighted by molar-refractivity contribution is -0.148. The monoisotopic (exact) mass is 752 g/mol. The van der Waals surface area contributed by atoms with Gasteiger partial charge in [-0.3, -0.25) is 33.6 Å². The molecule has 0 aromatic rings. The van der Waals surface area contributed by atoms with Crippen LogP contribution in [0.3, 0.4) is 0 Å². The third-order valence-corrected chi connectivity index (χ3v) is 9.07. The van der Waals surface area contributed by atoms with E-state index >= 15 is 0 Å². The molecule has 0 saturated carbocycles. The molecule has 0 aromatic heterocycles. The van der Waals surface area contributed by atoms with Crippen LogP contribution in [0.15, 0.2) is 0 Å². The average molecular weight is 753 g/mol. The molecule has 0 N–H and O–H groups in total. The molecule has 0 aromatic carbocycles. The summed E-state index contributed by atoms with van der Waals surface area (Å²) in [6, 6.07) is 0. The van der Waals surface area contributed by atoms with Crippen molar-refractivity contribution in [2.24, 2.45) is 0 Å². The van der Waals surface area contributed by atoms with Crippen LogP contribution in [0.4, 0.5) is 0 Å². The van der Waals surface area contributed by atoms with Gasteiger partial charge in [0.15, 0.2) is 0 Å². The molecule has 0 aliphatic heterocycles. The molecular formula is C25H40O16S4Si. The smallest absolute Gasteiger partial charge is 0.474 e. The first-order valence-corrected chi connectivity index (χ1v) is 19.5.